The minimum atomic E-state index is -0.132. The molecule has 0 unspecified atom stereocenters. The van der Waals surface area contributed by atoms with Crippen molar-refractivity contribution in [1.29, 1.82) is 0 Å². The Labute approximate surface area is 116 Å². The van der Waals surface area contributed by atoms with Gasteiger partial charge < -0.3 is 14.8 Å². The molecule has 19 heavy (non-hydrogen) atoms. The lowest BCUT2D eigenvalue weighted by Crippen LogP contribution is -2.11. The maximum absolute atomic E-state index is 5.55. The van der Waals surface area contributed by atoms with Gasteiger partial charge in [-0.3, -0.25) is 0 Å². The summed E-state index contributed by atoms with van der Waals surface area (Å²) in [4.78, 5) is 4.37. The molecule has 0 aromatic carbocycles. The third kappa shape index (κ3) is 3.13. The summed E-state index contributed by atoms with van der Waals surface area (Å²) in [6, 6.07) is 0. The molecular weight excluding hydrogens is 264 g/mol. The molecule has 2 heterocycles. The Bertz CT molecular complexity index is 556. The zero-order valence-electron chi connectivity index (χ0n) is 11.5. The minimum Gasteiger partial charge on any atom is -0.339 e. The fourth-order valence-electron chi connectivity index (χ4n) is 1.39. The van der Waals surface area contributed by atoms with Crippen LogP contribution >= 0.6 is 11.8 Å². The molecule has 0 aliphatic rings. The molecule has 7 nitrogen and oxygen atoms in total. The smallest absolute Gasteiger partial charge is 0.232 e. The highest BCUT2D eigenvalue weighted by Gasteiger charge is 2.22. The van der Waals surface area contributed by atoms with Crippen LogP contribution in [0.25, 0.3) is 0 Å². The molecule has 0 spiro atoms. The van der Waals surface area contributed by atoms with E-state index in [1.165, 1.54) is 11.8 Å². The summed E-state index contributed by atoms with van der Waals surface area (Å²) in [5.41, 5.74) is 5.42. The molecule has 0 aliphatic heterocycles. The van der Waals surface area contributed by atoms with E-state index in [4.69, 9.17) is 10.3 Å². The second kappa shape index (κ2) is 5.30. The van der Waals surface area contributed by atoms with E-state index in [0.29, 0.717) is 24.0 Å². The van der Waals surface area contributed by atoms with Crippen LogP contribution in [0.3, 0.4) is 0 Å². The lowest BCUT2D eigenvalue weighted by atomic mass is 9.97. The van der Waals surface area contributed by atoms with Crippen LogP contribution in [0.5, 0.6) is 0 Å². The van der Waals surface area contributed by atoms with Crippen molar-refractivity contribution in [2.24, 2.45) is 12.8 Å². The van der Waals surface area contributed by atoms with Crippen LogP contribution in [-0.4, -0.2) is 24.9 Å². The van der Waals surface area contributed by atoms with Gasteiger partial charge >= 0.3 is 0 Å². The van der Waals surface area contributed by atoms with Crippen LogP contribution in [0, 0.1) is 0 Å². The van der Waals surface area contributed by atoms with Gasteiger partial charge in [0.2, 0.25) is 5.89 Å². The number of hydrogen-bond donors (Lipinski definition) is 1. The van der Waals surface area contributed by atoms with Crippen LogP contribution in [0.4, 0.5) is 0 Å². The summed E-state index contributed by atoms with van der Waals surface area (Å²) in [6.07, 6.45) is 0. The Morgan fingerprint density at radius 1 is 1.32 bits per heavy atom. The van der Waals surface area contributed by atoms with E-state index in [-0.39, 0.29) is 5.41 Å². The molecule has 2 N–H and O–H groups in total. The van der Waals surface area contributed by atoms with Crippen molar-refractivity contribution in [3.05, 3.63) is 17.5 Å². The number of hydrogen-bond acceptors (Lipinski definition) is 7. The topological polar surface area (TPSA) is 95.7 Å². The molecule has 2 aromatic heterocycles. The van der Waals surface area contributed by atoms with Gasteiger partial charge in [0.1, 0.15) is 5.82 Å². The van der Waals surface area contributed by atoms with E-state index < -0.39 is 0 Å². The molecule has 0 saturated carbocycles. The van der Waals surface area contributed by atoms with Crippen molar-refractivity contribution < 1.29 is 4.52 Å². The van der Waals surface area contributed by atoms with Crippen LogP contribution < -0.4 is 5.73 Å². The third-order valence-corrected chi connectivity index (χ3v) is 3.56. The first-order chi connectivity index (χ1) is 8.91. The zero-order chi connectivity index (χ0) is 14.0. The normalized spacial score (nSPS) is 12.1. The van der Waals surface area contributed by atoms with Gasteiger partial charge in [0.05, 0.1) is 12.3 Å². The number of rotatable bonds is 4. The predicted octanol–water partition coefficient (Wildman–Crippen LogP) is 1.25. The van der Waals surface area contributed by atoms with Crippen LogP contribution in [-0.2, 0) is 24.8 Å². The molecule has 0 amide bonds. The van der Waals surface area contributed by atoms with Crippen molar-refractivity contribution in [3.63, 3.8) is 0 Å². The van der Waals surface area contributed by atoms with Crippen molar-refractivity contribution >= 4 is 11.8 Å². The van der Waals surface area contributed by atoms with Gasteiger partial charge in [-0.1, -0.05) is 37.7 Å². The fourth-order valence-corrected chi connectivity index (χ4v) is 2.17. The first-order valence-corrected chi connectivity index (χ1v) is 6.94. The second-order valence-corrected chi connectivity index (χ2v) is 6.16. The van der Waals surface area contributed by atoms with Gasteiger partial charge in [-0.2, -0.15) is 4.98 Å². The highest BCUT2D eigenvalue weighted by molar-refractivity contribution is 7.98. The molecule has 2 rings (SSSR count). The molecule has 0 saturated heterocycles. The first-order valence-electron chi connectivity index (χ1n) is 5.96. The Balaban J connectivity index is 2.02. The Hall–Kier alpha value is -1.41. The minimum absolute atomic E-state index is 0.132. The van der Waals surface area contributed by atoms with Gasteiger partial charge in [-0.05, 0) is 0 Å². The third-order valence-electron chi connectivity index (χ3n) is 2.55. The molecule has 0 radical (unpaired) electrons. The highest BCUT2D eigenvalue weighted by atomic mass is 32.2. The first kappa shape index (κ1) is 14.0. The van der Waals surface area contributed by atoms with E-state index in [0.717, 1.165) is 11.0 Å². The Morgan fingerprint density at radius 2 is 2.05 bits per heavy atom. The van der Waals surface area contributed by atoms with E-state index in [9.17, 15) is 0 Å². The van der Waals surface area contributed by atoms with Crippen LogP contribution in [0.2, 0.25) is 0 Å². The summed E-state index contributed by atoms with van der Waals surface area (Å²) in [5.74, 6) is 2.65. The SMILES string of the molecule is Cn1c(CN)nnc1SCc1noc(C(C)(C)C)n1. The highest BCUT2D eigenvalue weighted by Crippen LogP contribution is 2.23. The Morgan fingerprint density at radius 3 is 2.58 bits per heavy atom. The molecular formula is C11H18N6OS. The fraction of sp³-hybridized carbons (Fsp3) is 0.636. The molecule has 104 valence electrons. The number of thioether (sulfide) groups is 1. The number of nitrogens with zero attached hydrogens (tertiary/aromatic N) is 5. The van der Waals surface area contributed by atoms with Crippen molar-refractivity contribution in [2.45, 2.75) is 43.6 Å². The van der Waals surface area contributed by atoms with E-state index in [2.05, 4.69) is 20.3 Å². The summed E-state index contributed by atoms with van der Waals surface area (Å²) < 4.78 is 7.11. The van der Waals surface area contributed by atoms with Crippen LogP contribution in [0.15, 0.2) is 9.68 Å². The lowest BCUT2D eigenvalue weighted by molar-refractivity contribution is 0.319. The molecule has 0 fully saturated rings. The van der Waals surface area contributed by atoms with Gasteiger partial charge in [-0.25, -0.2) is 0 Å². The molecule has 8 heteroatoms. The molecule has 0 bridgehead atoms. The second-order valence-electron chi connectivity index (χ2n) is 5.22. The predicted molar refractivity (Wildman–Crippen MR) is 71.5 cm³/mol. The average molecular weight is 282 g/mol. The van der Waals surface area contributed by atoms with Crippen molar-refractivity contribution in [3.8, 4) is 0 Å². The summed E-state index contributed by atoms with van der Waals surface area (Å²) in [6.45, 7) is 6.48. The maximum atomic E-state index is 5.55. The summed E-state index contributed by atoms with van der Waals surface area (Å²) >= 11 is 1.51. The lowest BCUT2D eigenvalue weighted by Gasteiger charge is -2.10. The maximum Gasteiger partial charge on any atom is 0.232 e. The average Bonchev–Trinajstić information content (AvgIpc) is 2.93. The largest absolute Gasteiger partial charge is 0.339 e. The van der Waals surface area contributed by atoms with Crippen LogP contribution in [0.1, 0.15) is 38.3 Å². The quantitative estimate of drug-likeness (QED) is 0.843. The number of nitrogens with two attached hydrogens (primary N) is 1. The van der Waals surface area contributed by atoms with Crippen molar-refractivity contribution in [1.82, 2.24) is 24.9 Å². The summed E-state index contributed by atoms with van der Waals surface area (Å²) in [7, 11) is 1.89. The van der Waals surface area contributed by atoms with Crippen molar-refractivity contribution in [2.75, 3.05) is 0 Å². The van der Waals surface area contributed by atoms with E-state index in [1.54, 1.807) is 0 Å². The van der Waals surface area contributed by atoms with Gasteiger partial charge in [-0.15, -0.1) is 10.2 Å². The van der Waals surface area contributed by atoms with E-state index >= 15 is 0 Å². The zero-order valence-corrected chi connectivity index (χ0v) is 12.4. The summed E-state index contributed by atoms with van der Waals surface area (Å²) in [5, 5.41) is 12.8. The van der Waals surface area contributed by atoms with Gasteiger partial charge in [0.25, 0.3) is 0 Å². The Kier molecular flexibility index (Phi) is 3.91. The van der Waals surface area contributed by atoms with Gasteiger partial charge in [0.15, 0.2) is 11.0 Å². The molecule has 0 aliphatic carbocycles. The molecule has 2 aromatic rings. The molecule has 0 atom stereocenters. The standard InChI is InChI=1S/C11H18N6OS/c1-11(2,3)9-13-7(16-18-9)6-19-10-15-14-8(5-12)17(10)4/h5-6,12H2,1-4H3. The number of aromatic nitrogens is 5. The van der Waals surface area contributed by atoms with Gasteiger partial charge in [0, 0.05) is 12.5 Å². The van der Waals surface area contributed by atoms with E-state index in [1.807, 2.05) is 32.4 Å². The monoisotopic (exact) mass is 282 g/mol.